The molecule has 1 heterocycles. The second-order valence-electron chi connectivity index (χ2n) is 4.23. The largest absolute Gasteiger partial charge is 0.480 e. The smallest absolute Gasteiger partial charge is 0.322 e. The maximum absolute atomic E-state index is 12.1. The normalized spacial score (nSPS) is 10.1. The first kappa shape index (κ1) is 14.4. The Morgan fingerprint density at radius 3 is 2.57 bits per heavy atom. The average Bonchev–Trinajstić information content (AvgIpc) is 2.50. The van der Waals surface area contributed by atoms with Gasteiger partial charge in [0, 0.05) is 11.6 Å². The number of para-hydroxylation sites is 1. The van der Waals surface area contributed by atoms with Gasteiger partial charge in [-0.2, -0.15) is 0 Å². The third-order valence-electron chi connectivity index (χ3n) is 2.72. The van der Waals surface area contributed by atoms with Gasteiger partial charge in [0.05, 0.1) is 17.6 Å². The summed E-state index contributed by atoms with van der Waals surface area (Å²) >= 11 is 0. The van der Waals surface area contributed by atoms with Crippen molar-refractivity contribution in [2.75, 3.05) is 13.1 Å². The highest BCUT2D eigenvalue weighted by atomic mass is 16.4. The summed E-state index contributed by atoms with van der Waals surface area (Å²) in [6, 6.07) is 8.77. The molecule has 0 unspecified atom stereocenters. The number of carboxylic acids is 1. The fourth-order valence-corrected chi connectivity index (χ4v) is 1.78. The van der Waals surface area contributed by atoms with Gasteiger partial charge in [-0.3, -0.25) is 19.4 Å². The van der Waals surface area contributed by atoms with E-state index in [0.717, 1.165) is 5.39 Å². The topological polar surface area (TPSA) is 108 Å². The molecule has 0 saturated heterocycles. The number of amides is 2. The summed E-state index contributed by atoms with van der Waals surface area (Å²) in [7, 11) is 0. The third kappa shape index (κ3) is 3.75. The van der Waals surface area contributed by atoms with E-state index in [9.17, 15) is 14.4 Å². The number of hydrogen-bond acceptors (Lipinski definition) is 4. The summed E-state index contributed by atoms with van der Waals surface area (Å²) in [6.07, 6.45) is 1.58. The van der Waals surface area contributed by atoms with Crippen molar-refractivity contribution in [3.8, 4) is 0 Å². The number of fused-ring (bicyclic) bond motifs is 1. The lowest BCUT2D eigenvalue weighted by Gasteiger charge is -2.07. The minimum Gasteiger partial charge on any atom is -0.480 e. The van der Waals surface area contributed by atoms with Crippen LogP contribution in [0, 0.1) is 0 Å². The molecule has 0 aliphatic heterocycles. The molecular formula is C14H13N3O4. The van der Waals surface area contributed by atoms with Crippen LogP contribution in [0.25, 0.3) is 10.9 Å². The van der Waals surface area contributed by atoms with Crippen molar-refractivity contribution in [3.05, 3.63) is 42.1 Å². The summed E-state index contributed by atoms with van der Waals surface area (Å²) in [6.45, 7) is -0.778. The average molecular weight is 287 g/mol. The molecule has 0 spiro atoms. The summed E-state index contributed by atoms with van der Waals surface area (Å²) in [5.41, 5.74) is 0.905. The number of rotatable bonds is 5. The first-order chi connectivity index (χ1) is 10.1. The van der Waals surface area contributed by atoms with E-state index in [1.54, 1.807) is 24.4 Å². The van der Waals surface area contributed by atoms with Gasteiger partial charge in [-0.1, -0.05) is 18.2 Å². The quantitative estimate of drug-likeness (QED) is 0.726. The van der Waals surface area contributed by atoms with Crippen molar-refractivity contribution in [3.63, 3.8) is 0 Å². The third-order valence-corrected chi connectivity index (χ3v) is 2.72. The predicted octanol–water partition coefficient (Wildman–Crippen LogP) is 0.165. The van der Waals surface area contributed by atoms with Gasteiger partial charge in [0.1, 0.15) is 6.54 Å². The molecule has 0 atom stereocenters. The number of carbonyl (C=O) groups is 3. The molecule has 2 amide bonds. The lowest BCUT2D eigenvalue weighted by atomic mass is 10.1. The number of nitrogens with one attached hydrogen (secondary N) is 2. The number of aromatic nitrogens is 1. The Kier molecular flexibility index (Phi) is 4.45. The van der Waals surface area contributed by atoms with E-state index in [2.05, 4.69) is 15.6 Å². The number of pyridine rings is 1. The highest BCUT2D eigenvalue weighted by Crippen LogP contribution is 2.15. The lowest BCUT2D eigenvalue weighted by molar-refractivity contribution is -0.137. The molecule has 0 aliphatic carbocycles. The standard InChI is InChI=1S/C14H13N3O4/c18-11(16-8-12(19)20)7-17-14(21)10-5-1-3-9-4-2-6-15-13(9)10/h1-6H,7-8H2,(H,16,18)(H,17,21)(H,19,20). The molecule has 108 valence electrons. The van der Waals surface area contributed by atoms with Gasteiger partial charge >= 0.3 is 5.97 Å². The van der Waals surface area contributed by atoms with E-state index in [-0.39, 0.29) is 6.54 Å². The molecule has 0 fully saturated rings. The minimum atomic E-state index is -1.15. The van der Waals surface area contributed by atoms with Crippen LogP contribution >= 0.6 is 0 Å². The fourth-order valence-electron chi connectivity index (χ4n) is 1.78. The van der Waals surface area contributed by atoms with Gasteiger partial charge in [0.15, 0.2) is 0 Å². The summed E-state index contributed by atoms with van der Waals surface area (Å²) < 4.78 is 0. The molecule has 2 rings (SSSR count). The van der Waals surface area contributed by atoms with Crippen molar-refractivity contribution in [1.82, 2.24) is 15.6 Å². The Hall–Kier alpha value is -2.96. The van der Waals surface area contributed by atoms with Crippen molar-refractivity contribution >= 4 is 28.7 Å². The van der Waals surface area contributed by atoms with Gasteiger partial charge in [-0.05, 0) is 12.1 Å². The zero-order valence-electron chi connectivity index (χ0n) is 11.0. The highest BCUT2D eigenvalue weighted by molar-refractivity contribution is 6.06. The van der Waals surface area contributed by atoms with Crippen molar-refractivity contribution in [2.24, 2.45) is 0 Å². The molecule has 0 saturated carbocycles. The summed E-state index contributed by atoms with van der Waals surface area (Å²) in [5, 5.41) is 13.8. The molecule has 3 N–H and O–H groups in total. The first-order valence-corrected chi connectivity index (χ1v) is 6.18. The maximum Gasteiger partial charge on any atom is 0.322 e. The van der Waals surface area contributed by atoms with Crippen LogP contribution in [-0.2, 0) is 9.59 Å². The number of aliphatic carboxylic acids is 1. The summed E-state index contributed by atoms with van der Waals surface area (Å²) in [4.78, 5) is 37.8. The van der Waals surface area contributed by atoms with Gasteiger partial charge < -0.3 is 15.7 Å². The number of hydrogen-bond donors (Lipinski definition) is 3. The molecule has 2 aromatic rings. The van der Waals surface area contributed by atoms with Gasteiger partial charge in [-0.15, -0.1) is 0 Å². The van der Waals surface area contributed by atoms with E-state index in [1.165, 1.54) is 0 Å². The summed E-state index contributed by atoms with van der Waals surface area (Å²) in [5.74, 6) is -2.16. The Bertz CT molecular complexity index is 694. The van der Waals surface area contributed by atoms with Crippen LogP contribution in [0.5, 0.6) is 0 Å². The van der Waals surface area contributed by atoms with Crippen molar-refractivity contribution in [1.29, 1.82) is 0 Å². The van der Waals surface area contributed by atoms with Crippen LogP contribution in [-0.4, -0.2) is 41.0 Å². The minimum absolute atomic E-state index is 0.296. The molecule has 21 heavy (non-hydrogen) atoms. The number of carbonyl (C=O) groups excluding carboxylic acids is 2. The number of nitrogens with zero attached hydrogens (tertiary/aromatic N) is 1. The van der Waals surface area contributed by atoms with Crippen LogP contribution in [0.1, 0.15) is 10.4 Å². The Labute approximate surface area is 120 Å². The monoisotopic (exact) mass is 287 g/mol. The zero-order valence-corrected chi connectivity index (χ0v) is 11.0. The zero-order chi connectivity index (χ0) is 15.2. The molecule has 0 aliphatic rings. The van der Waals surface area contributed by atoms with Crippen LogP contribution in [0.15, 0.2) is 36.5 Å². The molecule has 7 nitrogen and oxygen atoms in total. The Balaban J connectivity index is 2.03. The second-order valence-corrected chi connectivity index (χ2v) is 4.23. The molecule has 7 heteroatoms. The van der Waals surface area contributed by atoms with Gasteiger partial charge in [0.2, 0.25) is 5.91 Å². The SMILES string of the molecule is O=C(O)CNC(=O)CNC(=O)c1cccc2cccnc12. The van der Waals surface area contributed by atoms with E-state index >= 15 is 0 Å². The number of carboxylic acid groups (broad SMARTS) is 1. The highest BCUT2D eigenvalue weighted by Gasteiger charge is 2.12. The maximum atomic E-state index is 12.1. The van der Waals surface area contributed by atoms with E-state index in [1.807, 2.05) is 12.1 Å². The van der Waals surface area contributed by atoms with Gasteiger partial charge in [-0.25, -0.2) is 0 Å². The van der Waals surface area contributed by atoms with Crippen LogP contribution in [0.2, 0.25) is 0 Å². The van der Waals surface area contributed by atoms with E-state index < -0.39 is 24.3 Å². The van der Waals surface area contributed by atoms with Crippen LogP contribution < -0.4 is 10.6 Å². The van der Waals surface area contributed by atoms with Gasteiger partial charge in [0.25, 0.3) is 5.91 Å². The Morgan fingerprint density at radius 2 is 1.81 bits per heavy atom. The van der Waals surface area contributed by atoms with Crippen molar-refractivity contribution in [2.45, 2.75) is 0 Å². The van der Waals surface area contributed by atoms with E-state index in [4.69, 9.17) is 5.11 Å². The predicted molar refractivity (Wildman–Crippen MR) is 74.7 cm³/mol. The first-order valence-electron chi connectivity index (χ1n) is 6.18. The van der Waals surface area contributed by atoms with Crippen LogP contribution in [0.3, 0.4) is 0 Å². The van der Waals surface area contributed by atoms with Crippen LogP contribution in [0.4, 0.5) is 0 Å². The molecule has 0 radical (unpaired) electrons. The molecular weight excluding hydrogens is 274 g/mol. The lowest BCUT2D eigenvalue weighted by Crippen LogP contribution is -2.39. The molecule has 1 aromatic heterocycles. The fraction of sp³-hybridized carbons (Fsp3) is 0.143. The number of benzene rings is 1. The van der Waals surface area contributed by atoms with E-state index in [0.29, 0.717) is 11.1 Å². The Morgan fingerprint density at radius 1 is 1.05 bits per heavy atom. The van der Waals surface area contributed by atoms with Crippen molar-refractivity contribution < 1.29 is 19.5 Å². The second kappa shape index (κ2) is 6.47. The molecule has 0 bridgehead atoms. The molecule has 1 aromatic carbocycles.